The number of hydrogen-bond donors (Lipinski definition) is 1. The van der Waals surface area contributed by atoms with E-state index in [0.717, 1.165) is 44.7 Å². The van der Waals surface area contributed by atoms with Crippen LogP contribution in [0.1, 0.15) is 19.3 Å². The standard InChI is InChI=1S/C14H21N3O2/c1-15-14(18)17-9-4-12(5-10-17)6-11-19-13-2-7-16-8-3-13/h2-3,7-8,12H,4-6,9-11H2,1H3,(H,15,18). The van der Waals surface area contributed by atoms with Gasteiger partial charge in [-0.05, 0) is 37.3 Å². The van der Waals surface area contributed by atoms with Crippen LogP contribution < -0.4 is 10.1 Å². The maximum absolute atomic E-state index is 11.5. The van der Waals surface area contributed by atoms with E-state index in [1.165, 1.54) is 0 Å². The van der Waals surface area contributed by atoms with Crippen LogP contribution in [0.5, 0.6) is 5.75 Å². The first-order valence-corrected chi connectivity index (χ1v) is 6.79. The molecule has 0 atom stereocenters. The molecule has 2 amide bonds. The van der Waals surface area contributed by atoms with Crippen molar-refractivity contribution >= 4 is 6.03 Å². The molecule has 1 N–H and O–H groups in total. The zero-order valence-corrected chi connectivity index (χ0v) is 11.3. The monoisotopic (exact) mass is 263 g/mol. The highest BCUT2D eigenvalue weighted by Gasteiger charge is 2.21. The highest BCUT2D eigenvalue weighted by Crippen LogP contribution is 2.21. The Morgan fingerprint density at radius 3 is 2.74 bits per heavy atom. The number of urea groups is 1. The van der Waals surface area contributed by atoms with Crippen LogP contribution in [0.15, 0.2) is 24.5 Å². The lowest BCUT2D eigenvalue weighted by Gasteiger charge is -2.31. The predicted octanol–water partition coefficient (Wildman–Crippen LogP) is 1.90. The topological polar surface area (TPSA) is 54.5 Å². The maximum Gasteiger partial charge on any atom is 0.317 e. The van der Waals surface area contributed by atoms with Crippen LogP contribution in [0.4, 0.5) is 4.79 Å². The van der Waals surface area contributed by atoms with Crippen molar-refractivity contribution in [1.82, 2.24) is 15.2 Å². The molecule has 0 spiro atoms. The van der Waals surface area contributed by atoms with Crippen molar-refractivity contribution in [2.45, 2.75) is 19.3 Å². The molecular weight excluding hydrogens is 242 g/mol. The summed E-state index contributed by atoms with van der Waals surface area (Å²) in [5, 5.41) is 2.67. The van der Waals surface area contributed by atoms with Crippen molar-refractivity contribution in [2.24, 2.45) is 5.92 Å². The summed E-state index contributed by atoms with van der Waals surface area (Å²) in [6.45, 7) is 2.42. The minimum Gasteiger partial charge on any atom is -0.493 e. The largest absolute Gasteiger partial charge is 0.493 e. The second-order valence-corrected chi connectivity index (χ2v) is 4.81. The Kier molecular flexibility index (Phi) is 5.01. The molecule has 0 saturated carbocycles. The fourth-order valence-electron chi connectivity index (χ4n) is 2.36. The van der Waals surface area contributed by atoms with Crippen LogP contribution in [0.25, 0.3) is 0 Å². The summed E-state index contributed by atoms with van der Waals surface area (Å²) < 4.78 is 5.67. The summed E-state index contributed by atoms with van der Waals surface area (Å²) >= 11 is 0. The Morgan fingerprint density at radius 1 is 1.42 bits per heavy atom. The molecule has 0 bridgehead atoms. The van der Waals surface area contributed by atoms with Gasteiger partial charge in [0.2, 0.25) is 0 Å². The molecule has 19 heavy (non-hydrogen) atoms. The molecule has 0 aromatic carbocycles. The molecule has 5 heteroatoms. The van der Waals surface area contributed by atoms with E-state index in [2.05, 4.69) is 10.3 Å². The minimum absolute atomic E-state index is 0.0338. The van der Waals surface area contributed by atoms with Crippen molar-refractivity contribution in [3.63, 3.8) is 0 Å². The molecule has 5 nitrogen and oxygen atoms in total. The number of carbonyl (C=O) groups is 1. The van der Waals surface area contributed by atoms with Gasteiger partial charge in [0.15, 0.2) is 0 Å². The van der Waals surface area contributed by atoms with Crippen molar-refractivity contribution in [1.29, 1.82) is 0 Å². The first kappa shape index (κ1) is 13.6. The van der Waals surface area contributed by atoms with Gasteiger partial charge in [0.05, 0.1) is 6.61 Å². The Hall–Kier alpha value is -1.78. The van der Waals surface area contributed by atoms with Crippen LogP contribution >= 0.6 is 0 Å². The van der Waals surface area contributed by atoms with E-state index in [-0.39, 0.29) is 6.03 Å². The Bertz CT molecular complexity index is 389. The zero-order chi connectivity index (χ0) is 13.5. The molecule has 1 aliphatic rings. The normalized spacial score (nSPS) is 16.2. The lowest BCUT2D eigenvalue weighted by molar-refractivity contribution is 0.162. The van der Waals surface area contributed by atoms with Gasteiger partial charge in [0, 0.05) is 32.5 Å². The van der Waals surface area contributed by atoms with Gasteiger partial charge in [-0.25, -0.2) is 4.79 Å². The van der Waals surface area contributed by atoms with Crippen molar-refractivity contribution in [2.75, 3.05) is 26.7 Å². The first-order chi connectivity index (χ1) is 9.29. The SMILES string of the molecule is CNC(=O)N1CCC(CCOc2ccncc2)CC1. The van der Waals surface area contributed by atoms with Gasteiger partial charge in [-0.3, -0.25) is 4.98 Å². The lowest BCUT2D eigenvalue weighted by Crippen LogP contribution is -2.43. The Morgan fingerprint density at radius 2 is 2.11 bits per heavy atom. The minimum atomic E-state index is 0.0338. The molecule has 1 fully saturated rings. The van der Waals surface area contributed by atoms with Crippen molar-refractivity contribution in [3.05, 3.63) is 24.5 Å². The number of nitrogens with zero attached hydrogens (tertiary/aromatic N) is 2. The number of hydrogen-bond acceptors (Lipinski definition) is 3. The molecule has 1 saturated heterocycles. The molecule has 1 aromatic heterocycles. The third-order valence-electron chi connectivity index (χ3n) is 3.56. The summed E-state index contributed by atoms with van der Waals surface area (Å²) in [6.07, 6.45) is 6.64. The lowest BCUT2D eigenvalue weighted by atomic mass is 9.94. The number of rotatable bonds is 4. The molecule has 1 aliphatic heterocycles. The summed E-state index contributed by atoms with van der Waals surface area (Å²) in [7, 11) is 1.68. The van der Waals surface area contributed by atoms with Gasteiger partial charge < -0.3 is 15.0 Å². The Balaban J connectivity index is 1.65. The van der Waals surface area contributed by atoms with Crippen LogP contribution in [0.2, 0.25) is 0 Å². The number of amides is 2. The summed E-state index contributed by atoms with van der Waals surface area (Å²) in [5.41, 5.74) is 0. The predicted molar refractivity (Wildman–Crippen MR) is 73.1 cm³/mol. The van der Waals surface area contributed by atoms with E-state index < -0.39 is 0 Å². The molecule has 2 heterocycles. The highest BCUT2D eigenvalue weighted by molar-refractivity contribution is 5.73. The maximum atomic E-state index is 11.5. The van der Waals surface area contributed by atoms with E-state index >= 15 is 0 Å². The van der Waals surface area contributed by atoms with E-state index in [1.807, 2.05) is 17.0 Å². The number of aromatic nitrogens is 1. The fourth-order valence-corrected chi connectivity index (χ4v) is 2.36. The molecule has 2 rings (SSSR count). The fraction of sp³-hybridized carbons (Fsp3) is 0.571. The van der Waals surface area contributed by atoms with Crippen molar-refractivity contribution < 1.29 is 9.53 Å². The second kappa shape index (κ2) is 6.97. The number of piperidine rings is 1. The van der Waals surface area contributed by atoms with Crippen LogP contribution in [-0.2, 0) is 0 Å². The Labute approximate surface area is 114 Å². The third-order valence-corrected chi connectivity index (χ3v) is 3.56. The van der Waals surface area contributed by atoms with Gasteiger partial charge in [0.25, 0.3) is 0 Å². The summed E-state index contributed by atoms with van der Waals surface area (Å²) in [4.78, 5) is 17.3. The van der Waals surface area contributed by atoms with Crippen LogP contribution in [-0.4, -0.2) is 42.7 Å². The van der Waals surface area contributed by atoms with Gasteiger partial charge in [-0.15, -0.1) is 0 Å². The highest BCUT2D eigenvalue weighted by atomic mass is 16.5. The molecule has 0 aliphatic carbocycles. The van der Waals surface area contributed by atoms with E-state index in [4.69, 9.17) is 4.74 Å². The molecule has 1 aromatic rings. The van der Waals surface area contributed by atoms with E-state index in [1.54, 1.807) is 19.4 Å². The summed E-state index contributed by atoms with van der Waals surface area (Å²) in [6, 6.07) is 3.77. The smallest absolute Gasteiger partial charge is 0.317 e. The number of pyridine rings is 1. The molecule has 0 unspecified atom stereocenters. The van der Waals surface area contributed by atoms with Crippen LogP contribution in [0.3, 0.4) is 0 Å². The molecular formula is C14H21N3O2. The van der Waals surface area contributed by atoms with Crippen LogP contribution in [0, 0.1) is 5.92 Å². The van der Waals surface area contributed by atoms with Gasteiger partial charge in [0.1, 0.15) is 5.75 Å². The third kappa shape index (κ3) is 4.12. The number of carbonyl (C=O) groups excluding carboxylic acids is 1. The molecule has 104 valence electrons. The second-order valence-electron chi connectivity index (χ2n) is 4.81. The van der Waals surface area contributed by atoms with Gasteiger partial charge >= 0.3 is 6.03 Å². The first-order valence-electron chi connectivity index (χ1n) is 6.79. The van der Waals surface area contributed by atoms with Gasteiger partial charge in [-0.2, -0.15) is 0 Å². The number of nitrogens with one attached hydrogen (secondary N) is 1. The van der Waals surface area contributed by atoms with E-state index in [9.17, 15) is 4.79 Å². The van der Waals surface area contributed by atoms with Crippen molar-refractivity contribution in [3.8, 4) is 5.75 Å². The quantitative estimate of drug-likeness (QED) is 0.902. The average Bonchev–Trinajstić information content (AvgIpc) is 2.48. The molecule has 0 radical (unpaired) electrons. The zero-order valence-electron chi connectivity index (χ0n) is 11.3. The summed E-state index contributed by atoms with van der Waals surface area (Å²) in [5.74, 6) is 1.53. The average molecular weight is 263 g/mol. The number of ether oxygens (including phenoxy) is 1. The number of likely N-dealkylation sites (tertiary alicyclic amines) is 1. The van der Waals surface area contributed by atoms with E-state index in [0.29, 0.717) is 5.92 Å². The van der Waals surface area contributed by atoms with Gasteiger partial charge in [-0.1, -0.05) is 0 Å².